The number of hydrogen-bond acceptors (Lipinski definition) is 3. The summed E-state index contributed by atoms with van der Waals surface area (Å²) in [5.41, 5.74) is 7.60. The summed E-state index contributed by atoms with van der Waals surface area (Å²) in [5, 5.41) is 4.22. The molecule has 2 heterocycles. The van der Waals surface area contributed by atoms with E-state index in [0.717, 1.165) is 21.5 Å². The minimum absolute atomic E-state index is 0.609. The minimum Gasteiger partial charge on any atom is -0.463 e. The van der Waals surface area contributed by atoms with Crippen LogP contribution in [0.25, 0.3) is 11.3 Å². The van der Waals surface area contributed by atoms with E-state index in [1.54, 1.807) is 10.9 Å². The van der Waals surface area contributed by atoms with Crippen LogP contribution in [0.1, 0.15) is 5.69 Å². The van der Waals surface area contributed by atoms with Crippen molar-refractivity contribution in [3.05, 3.63) is 22.5 Å². The number of nitrogens with two attached hydrogens (primary N) is 1. The molecule has 0 aromatic carbocycles. The van der Waals surface area contributed by atoms with E-state index in [1.165, 1.54) is 0 Å². The summed E-state index contributed by atoms with van der Waals surface area (Å²) >= 11 is 3.39. The number of aromatic nitrogens is 2. The fourth-order valence-electron chi connectivity index (χ4n) is 1.43. The van der Waals surface area contributed by atoms with Crippen molar-refractivity contribution in [2.24, 2.45) is 7.05 Å². The normalized spacial score (nSPS) is 10.8. The number of rotatable bonds is 1. The zero-order valence-corrected chi connectivity index (χ0v) is 9.50. The first-order valence-electron chi connectivity index (χ1n) is 4.13. The molecule has 2 aromatic heterocycles. The molecule has 2 aromatic rings. The summed E-state index contributed by atoms with van der Waals surface area (Å²) in [6.45, 7) is 1.90. The molecule has 2 rings (SSSR count). The molecule has 0 aliphatic rings. The molecule has 0 spiro atoms. The van der Waals surface area contributed by atoms with Gasteiger partial charge in [0.15, 0.2) is 5.76 Å². The highest BCUT2D eigenvalue weighted by atomic mass is 79.9. The molecule has 0 radical (unpaired) electrons. The average Bonchev–Trinajstić information content (AvgIpc) is 2.60. The fourth-order valence-corrected chi connectivity index (χ4v) is 1.83. The van der Waals surface area contributed by atoms with Crippen molar-refractivity contribution in [1.82, 2.24) is 9.78 Å². The monoisotopic (exact) mass is 255 g/mol. The van der Waals surface area contributed by atoms with Crippen molar-refractivity contribution in [2.75, 3.05) is 5.73 Å². The highest BCUT2D eigenvalue weighted by molar-refractivity contribution is 9.10. The van der Waals surface area contributed by atoms with Gasteiger partial charge in [-0.05, 0) is 28.9 Å². The van der Waals surface area contributed by atoms with E-state index in [1.807, 2.05) is 20.0 Å². The lowest BCUT2D eigenvalue weighted by atomic mass is 10.2. The molecule has 0 aliphatic heterocycles. The van der Waals surface area contributed by atoms with Gasteiger partial charge in [-0.1, -0.05) is 0 Å². The largest absolute Gasteiger partial charge is 0.463 e. The molecule has 2 N–H and O–H groups in total. The standard InChI is InChI=1S/C9H10BrN3O/c1-5-7(9(11)13(2)12-5)8-6(10)3-4-14-8/h3-4H,11H2,1-2H3. The van der Waals surface area contributed by atoms with Crippen molar-refractivity contribution < 1.29 is 4.42 Å². The third-order valence-corrected chi connectivity index (χ3v) is 2.74. The van der Waals surface area contributed by atoms with E-state index in [2.05, 4.69) is 21.0 Å². The summed E-state index contributed by atoms with van der Waals surface area (Å²) in [6, 6.07) is 1.83. The Morgan fingerprint density at radius 3 is 2.71 bits per heavy atom. The van der Waals surface area contributed by atoms with Gasteiger partial charge in [0.1, 0.15) is 5.82 Å². The summed E-state index contributed by atoms with van der Waals surface area (Å²) in [5.74, 6) is 1.34. The lowest BCUT2D eigenvalue weighted by Crippen LogP contribution is -1.97. The molecule has 0 saturated carbocycles. The van der Waals surface area contributed by atoms with Gasteiger partial charge in [0.25, 0.3) is 0 Å². The highest BCUT2D eigenvalue weighted by Gasteiger charge is 2.17. The van der Waals surface area contributed by atoms with Gasteiger partial charge in [-0.3, -0.25) is 4.68 Å². The van der Waals surface area contributed by atoms with Crippen LogP contribution in [0.5, 0.6) is 0 Å². The van der Waals surface area contributed by atoms with Crippen LogP contribution in [0, 0.1) is 6.92 Å². The molecule has 14 heavy (non-hydrogen) atoms. The molecule has 0 atom stereocenters. The maximum Gasteiger partial charge on any atom is 0.153 e. The van der Waals surface area contributed by atoms with Crippen molar-refractivity contribution in [3.63, 3.8) is 0 Å². The third kappa shape index (κ3) is 1.24. The van der Waals surface area contributed by atoms with Crippen molar-refractivity contribution in [2.45, 2.75) is 6.92 Å². The van der Waals surface area contributed by atoms with Crippen molar-refractivity contribution in [3.8, 4) is 11.3 Å². The molecule has 0 bridgehead atoms. The number of halogens is 1. The summed E-state index contributed by atoms with van der Waals surface area (Å²) in [6.07, 6.45) is 1.62. The Morgan fingerprint density at radius 1 is 1.57 bits per heavy atom. The van der Waals surface area contributed by atoms with Crippen LogP contribution in [0.2, 0.25) is 0 Å². The number of anilines is 1. The number of furan rings is 1. The second-order valence-corrected chi connectivity index (χ2v) is 3.92. The van der Waals surface area contributed by atoms with Crippen LogP contribution >= 0.6 is 15.9 Å². The maximum absolute atomic E-state index is 5.88. The second kappa shape index (κ2) is 3.16. The first-order chi connectivity index (χ1) is 6.61. The third-order valence-electron chi connectivity index (χ3n) is 2.11. The zero-order chi connectivity index (χ0) is 10.3. The zero-order valence-electron chi connectivity index (χ0n) is 7.91. The van der Waals surface area contributed by atoms with Crippen molar-refractivity contribution in [1.29, 1.82) is 0 Å². The first kappa shape index (κ1) is 9.33. The maximum atomic E-state index is 5.88. The second-order valence-electron chi connectivity index (χ2n) is 3.07. The fraction of sp³-hybridized carbons (Fsp3) is 0.222. The molecular weight excluding hydrogens is 246 g/mol. The lowest BCUT2D eigenvalue weighted by molar-refractivity contribution is 0.581. The Morgan fingerprint density at radius 2 is 2.29 bits per heavy atom. The van der Waals surface area contributed by atoms with Gasteiger partial charge in [0.05, 0.1) is 22.0 Å². The Labute approximate surface area is 89.8 Å². The molecule has 0 amide bonds. The van der Waals surface area contributed by atoms with Gasteiger partial charge in [-0.15, -0.1) is 0 Å². The summed E-state index contributed by atoms with van der Waals surface area (Å²) < 4.78 is 7.87. The predicted molar refractivity (Wildman–Crippen MR) is 57.8 cm³/mol. The minimum atomic E-state index is 0.609. The van der Waals surface area contributed by atoms with Gasteiger partial charge in [0, 0.05) is 7.05 Å². The Bertz CT molecular complexity index is 472. The molecule has 5 heteroatoms. The molecular formula is C9H10BrN3O. The van der Waals surface area contributed by atoms with Gasteiger partial charge >= 0.3 is 0 Å². The van der Waals surface area contributed by atoms with Gasteiger partial charge < -0.3 is 10.2 Å². The van der Waals surface area contributed by atoms with Gasteiger partial charge in [0.2, 0.25) is 0 Å². The van der Waals surface area contributed by atoms with E-state index in [-0.39, 0.29) is 0 Å². The molecule has 0 unspecified atom stereocenters. The van der Waals surface area contributed by atoms with E-state index < -0.39 is 0 Å². The predicted octanol–water partition coefficient (Wildman–Crippen LogP) is 2.33. The van der Waals surface area contributed by atoms with Crippen molar-refractivity contribution >= 4 is 21.7 Å². The number of hydrogen-bond donors (Lipinski definition) is 1. The van der Waals surface area contributed by atoms with Crippen LogP contribution in [0.15, 0.2) is 21.2 Å². The quantitative estimate of drug-likeness (QED) is 0.851. The number of aryl methyl sites for hydroxylation is 2. The molecule has 0 saturated heterocycles. The Hall–Kier alpha value is -1.23. The van der Waals surface area contributed by atoms with E-state index in [9.17, 15) is 0 Å². The number of nitrogens with zero attached hydrogens (tertiary/aromatic N) is 2. The lowest BCUT2D eigenvalue weighted by Gasteiger charge is -1.98. The first-order valence-corrected chi connectivity index (χ1v) is 4.93. The summed E-state index contributed by atoms with van der Waals surface area (Å²) in [7, 11) is 1.81. The molecule has 0 fully saturated rings. The van der Waals surface area contributed by atoms with Crippen LogP contribution < -0.4 is 5.73 Å². The van der Waals surface area contributed by atoms with Gasteiger partial charge in [-0.25, -0.2) is 0 Å². The molecule has 0 aliphatic carbocycles. The number of nitrogen functional groups attached to an aromatic ring is 1. The van der Waals surface area contributed by atoms with E-state index >= 15 is 0 Å². The Kier molecular flexibility index (Phi) is 2.11. The van der Waals surface area contributed by atoms with Gasteiger partial charge in [-0.2, -0.15) is 5.10 Å². The molecule has 74 valence electrons. The summed E-state index contributed by atoms with van der Waals surface area (Å²) in [4.78, 5) is 0. The Balaban J connectivity index is 2.68. The smallest absolute Gasteiger partial charge is 0.153 e. The molecule has 4 nitrogen and oxygen atoms in total. The SMILES string of the molecule is Cc1nn(C)c(N)c1-c1occc1Br. The average molecular weight is 256 g/mol. The van der Waals surface area contributed by atoms with E-state index in [0.29, 0.717) is 5.82 Å². The topological polar surface area (TPSA) is 57.0 Å². The van der Waals surface area contributed by atoms with Crippen LogP contribution in [0.4, 0.5) is 5.82 Å². The van der Waals surface area contributed by atoms with Crippen LogP contribution in [-0.2, 0) is 7.05 Å². The van der Waals surface area contributed by atoms with E-state index in [4.69, 9.17) is 10.2 Å². The van der Waals surface area contributed by atoms with Crippen LogP contribution in [-0.4, -0.2) is 9.78 Å². The highest BCUT2D eigenvalue weighted by Crippen LogP contribution is 2.34. The van der Waals surface area contributed by atoms with Crippen LogP contribution in [0.3, 0.4) is 0 Å².